The van der Waals surface area contributed by atoms with Gasteiger partial charge in [0, 0.05) is 35.6 Å². The predicted molar refractivity (Wildman–Crippen MR) is 104 cm³/mol. The molecule has 0 unspecified atom stereocenters. The monoisotopic (exact) mass is 399 g/mol. The molecule has 0 amide bonds. The number of hydrogen-bond acceptors (Lipinski definition) is 7. The molecule has 1 aromatic carbocycles. The van der Waals surface area contributed by atoms with Gasteiger partial charge in [0.2, 0.25) is 0 Å². The van der Waals surface area contributed by atoms with Crippen LogP contribution < -0.4 is 0 Å². The maximum Gasteiger partial charge on any atom is 0.349 e. The van der Waals surface area contributed by atoms with Crippen LogP contribution in [0.15, 0.2) is 40.3 Å². The van der Waals surface area contributed by atoms with E-state index in [1.54, 1.807) is 52.0 Å². The highest BCUT2D eigenvalue weighted by Gasteiger charge is 2.50. The third kappa shape index (κ3) is 3.78. The highest BCUT2D eigenvalue weighted by molar-refractivity contribution is 6.18. The summed E-state index contributed by atoms with van der Waals surface area (Å²) in [7, 11) is 0. The van der Waals surface area contributed by atoms with E-state index in [-0.39, 0.29) is 17.0 Å². The average molecular weight is 399 g/mol. The molecule has 0 N–H and O–H groups in total. The quantitative estimate of drug-likeness (QED) is 0.247. The van der Waals surface area contributed by atoms with Crippen LogP contribution in [-0.4, -0.2) is 22.6 Å². The molecule has 0 bridgehead atoms. The molecule has 0 atom stereocenters. The van der Waals surface area contributed by atoms with Gasteiger partial charge in [-0.2, -0.15) is 0 Å². The number of carbonyl (C=O) groups excluding carboxylic acids is 2. The molecule has 3 rings (SSSR count). The number of benzene rings is 1. The zero-order valence-electron chi connectivity index (χ0n) is 16.8. The maximum absolute atomic E-state index is 12.4. The summed E-state index contributed by atoms with van der Waals surface area (Å²) >= 11 is 0. The van der Waals surface area contributed by atoms with Gasteiger partial charge < -0.3 is 13.9 Å². The van der Waals surface area contributed by atoms with E-state index >= 15 is 0 Å². The van der Waals surface area contributed by atoms with Crippen LogP contribution in [0.2, 0.25) is 0 Å². The summed E-state index contributed by atoms with van der Waals surface area (Å²) in [6.07, 6.45) is 1.24. The molecular weight excluding hydrogens is 378 g/mol. The highest BCUT2D eigenvalue weighted by Crippen LogP contribution is 2.39. The summed E-state index contributed by atoms with van der Waals surface area (Å²) in [5.41, 5.74) is 0.104. The van der Waals surface area contributed by atoms with Crippen LogP contribution in [0.25, 0.3) is 17.4 Å². The fourth-order valence-electron chi connectivity index (χ4n) is 2.68. The zero-order chi connectivity index (χ0) is 21.6. The number of aryl methyl sites for hydroxylation is 1. The Balaban J connectivity index is 1.89. The first-order chi connectivity index (χ1) is 13.4. The molecule has 2 heterocycles. The smallest absolute Gasteiger partial charge is 0.349 e. The van der Waals surface area contributed by atoms with E-state index < -0.39 is 28.1 Å². The van der Waals surface area contributed by atoms with Crippen molar-refractivity contribution in [3.8, 4) is 11.3 Å². The first-order valence-electron chi connectivity index (χ1n) is 8.95. The molecule has 1 aromatic heterocycles. The summed E-state index contributed by atoms with van der Waals surface area (Å²) < 4.78 is 16.4. The second kappa shape index (κ2) is 6.88. The lowest BCUT2D eigenvalue weighted by Gasteiger charge is -2.42. The lowest BCUT2D eigenvalue weighted by molar-refractivity contribution is -0.385. The van der Waals surface area contributed by atoms with Gasteiger partial charge in [-0.05, 0) is 19.1 Å². The third-order valence-corrected chi connectivity index (χ3v) is 4.98. The second-order valence-electron chi connectivity index (χ2n) is 7.99. The Hall–Kier alpha value is -3.42. The number of carbonyl (C=O) groups is 2. The van der Waals surface area contributed by atoms with Gasteiger partial charge in [0.25, 0.3) is 11.5 Å². The van der Waals surface area contributed by atoms with Gasteiger partial charge in [0.1, 0.15) is 17.1 Å². The second-order valence-corrected chi connectivity index (χ2v) is 7.99. The summed E-state index contributed by atoms with van der Waals surface area (Å²) in [4.78, 5) is 35.5. The number of ether oxygens (including phenoxy) is 2. The van der Waals surface area contributed by atoms with Crippen LogP contribution in [0, 0.1) is 22.5 Å². The van der Waals surface area contributed by atoms with Crippen LogP contribution >= 0.6 is 0 Å². The topological polar surface area (TPSA) is 109 Å². The van der Waals surface area contributed by atoms with Crippen molar-refractivity contribution >= 4 is 23.7 Å². The van der Waals surface area contributed by atoms with Crippen molar-refractivity contribution < 1.29 is 28.4 Å². The Morgan fingerprint density at radius 1 is 1.07 bits per heavy atom. The van der Waals surface area contributed by atoms with Gasteiger partial charge in [0.15, 0.2) is 0 Å². The van der Waals surface area contributed by atoms with Gasteiger partial charge in [-0.1, -0.05) is 32.9 Å². The molecule has 1 fully saturated rings. The first-order valence-corrected chi connectivity index (χ1v) is 8.95. The molecule has 29 heavy (non-hydrogen) atoms. The Labute approximate surface area is 167 Å². The zero-order valence-corrected chi connectivity index (χ0v) is 16.8. The number of esters is 2. The van der Waals surface area contributed by atoms with Crippen molar-refractivity contribution in [1.82, 2.24) is 0 Å². The summed E-state index contributed by atoms with van der Waals surface area (Å²) in [6, 6.07) is 7.86. The predicted octanol–water partition coefficient (Wildman–Crippen LogP) is 4.41. The molecule has 0 spiro atoms. The largest absolute Gasteiger partial charge is 0.457 e. The molecule has 1 aliphatic rings. The van der Waals surface area contributed by atoms with Crippen molar-refractivity contribution in [2.24, 2.45) is 5.41 Å². The molecule has 2 aromatic rings. The normalized spacial score (nSPS) is 19.6. The Kier molecular flexibility index (Phi) is 4.82. The number of furan rings is 1. The Morgan fingerprint density at radius 2 is 1.69 bits per heavy atom. The van der Waals surface area contributed by atoms with Crippen molar-refractivity contribution in [2.75, 3.05) is 0 Å². The number of rotatable bonds is 3. The van der Waals surface area contributed by atoms with E-state index in [9.17, 15) is 19.7 Å². The van der Waals surface area contributed by atoms with Gasteiger partial charge in [-0.3, -0.25) is 10.1 Å². The van der Waals surface area contributed by atoms with Crippen molar-refractivity contribution in [1.29, 1.82) is 0 Å². The van der Waals surface area contributed by atoms with Crippen LogP contribution in [0.5, 0.6) is 0 Å². The summed E-state index contributed by atoms with van der Waals surface area (Å²) in [5, 5.41) is 11.1. The molecule has 1 aliphatic heterocycles. The van der Waals surface area contributed by atoms with E-state index in [1.807, 2.05) is 0 Å². The minimum atomic E-state index is -1.38. The Morgan fingerprint density at radius 3 is 2.24 bits per heavy atom. The highest BCUT2D eigenvalue weighted by atomic mass is 16.7. The number of hydrogen-bond donors (Lipinski definition) is 0. The van der Waals surface area contributed by atoms with Gasteiger partial charge in [-0.15, -0.1) is 0 Å². The van der Waals surface area contributed by atoms with Gasteiger partial charge in [-0.25, -0.2) is 9.59 Å². The van der Waals surface area contributed by atoms with Gasteiger partial charge >= 0.3 is 11.9 Å². The first kappa shape index (κ1) is 20.3. The minimum Gasteiger partial charge on any atom is -0.457 e. The molecular formula is C21H21NO7. The van der Waals surface area contributed by atoms with E-state index in [1.165, 1.54) is 19.1 Å². The fraction of sp³-hybridized carbons (Fsp3) is 0.333. The van der Waals surface area contributed by atoms with Crippen molar-refractivity contribution in [2.45, 2.75) is 40.4 Å². The van der Waals surface area contributed by atoms with Crippen LogP contribution in [0.3, 0.4) is 0 Å². The summed E-state index contributed by atoms with van der Waals surface area (Å²) in [6.45, 7) is 8.56. The summed E-state index contributed by atoms with van der Waals surface area (Å²) in [5.74, 6) is -2.41. The van der Waals surface area contributed by atoms with Crippen LogP contribution in [0.4, 0.5) is 5.69 Å². The molecule has 1 saturated heterocycles. The van der Waals surface area contributed by atoms with Gasteiger partial charge in [0.05, 0.1) is 4.92 Å². The van der Waals surface area contributed by atoms with E-state index in [4.69, 9.17) is 13.9 Å². The molecule has 8 heteroatoms. The number of nitro groups is 1. The molecule has 8 nitrogen and oxygen atoms in total. The number of nitro benzene ring substituents is 1. The molecule has 0 aliphatic carbocycles. The minimum absolute atomic E-state index is 0.0280. The van der Waals surface area contributed by atoms with Crippen molar-refractivity contribution in [3.05, 3.63) is 57.3 Å². The SMILES string of the molecule is Cc1ccc(-c2ccc(C=C3C(=O)OC(C)(C(C)(C)C)OC3=O)o2)cc1[N+](=O)[O-]. The molecule has 0 saturated carbocycles. The lowest BCUT2D eigenvalue weighted by Crippen LogP contribution is -2.52. The average Bonchev–Trinajstić information content (AvgIpc) is 3.06. The van der Waals surface area contributed by atoms with E-state index in [2.05, 4.69) is 0 Å². The number of nitrogens with zero attached hydrogens (tertiary/aromatic N) is 1. The van der Waals surface area contributed by atoms with Crippen molar-refractivity contribution in [3.63, 3.8) is 0 Å². The van der Waals surface area contributed by atoms with Crippen LogP contribution in [-0.2, 0) is 19.1 Å². The van der Waals surface area contributed by atoms with Crippen LogP contribution in [0.1, 0.15) is 39.0 Å². The molecule has 0 radical (unpaired) electrons. The Bertz CT molecular complexity index is 1020. The fourth-order valence-corrected chi connectivity index (χ4v) is 2.68. The third-order valence-electron chi connectivity index (χ3n) is 4.98. The lowest BCUT2D eigenvalue weighted by atomic mass is 9.86. The maximum atomic E-state index is 12.4. The molecule has 152 valence electrons. The standard InChI is InChI=1S/C21H21NO7/c1-12-6-7-13(10-16(12)22(25)26)17-9-8-14(27-17)11-15-18(23)28-21(5,20(2,3)4)29-19(15)24/h6-11H,1-5H3. The number of cyclic esters (lactones) is 2. The van der Waals surface area contributed by atoms with E-state index in [0.717, 1.165) is 0 Å². The van der Waals surface area contributed by atoms with E-state index in [0.29, 0.717) is 16.9 Å².